The van der Waals surface area contributed by atoms with Crippen molar-refractivity contribution in [2.45, 2.75) is 18.7 Å². The minimum Gasteiger partial charge on any atom is -0.450 e. The summed E-state index contributed by atoms with van der Waals surface area (Å²) in [5.74, 6) is -0.00607. The van der Waals surface area contributed by atoms with E-state index in [1.54, 1.807) is 35.1 Å². The summed E-state index contributed by atoms with van der Waals surface area (Å²) in [6, 6.07) is 7.14. The number of pyridine rings is 1. The third kappa shape index (κ3) is 5.16. The molecule has 34 heavy (non-hydrogen) atoms. The zero-order chi connectivity index (χ0) is 24.3. The summed E-state index contributed by atoms with van der Waals surface area (Å²) >= 11 is 0. The second-order valence-electron chi connectivity index (χ2n) is 8.59. The molecule has 0 bridgehead atoms. The number of amides is 2. The molecule has 2 aliphatic heterocycles. The van der Waals surface area contributed by atoms with E-state index in [0.29, 0.717) is 64.5 Å². The number of benzene rings is 1. The van der Waals surface area contributed by atoms with Crippen LogP contribution >= 0.6 is 0 Å². The molecule has 0 radical (unpaired) electrons. The number of nitrogens with zero attached hydrogens (tertiary/aromatic N) is 5. The van der Waals surface area contributed by atoms with Gasteiger partial charge in [0, 0.05) is 63.9 Å². The average Bonchev–Trinajstić information content (AvgIpc) is 2.84. The maximum atomic E-state index is 13.3. The molecule has 2 saturated heterocycles. The number of carbonyl (C=O) groups excluding carboxylic acids is 2. The van der Waals surface area contributed by atoms with Crippen LogP contribution in [0.25, 0.3) is 10.9 Å². The van der Waals surface area contributed by atoms with E-state index < -0.39 is 10.0 Å². The number of fused-ring (bicyclic) bond motifs is 1. The number of para-hydroxylation sites is 1. The Hall–Kier alpha value is -2.76. The summed E-state index contributed by atoms with van der Waals surface area (Å²) < 4.78 is 33.2. The summed E-state index contributed by atoms with van der Waals surface area (Å²) in [5, 5.41) is 0.799. The van der Waals surface area contributed by atoms with Crippen molar-refractivity contribution in [1.82, 2.24) is 24.0 Å². The van der Waals surface area contributed by atoms with Gasteiger partial charge in [0.05, 0.1) is 18.7 Å². The Morgan fingerprint density at radius 2 is 1.68 bits per heavy atom. The maximum absolute atomic E-state index is 13.3. The average molecular weight is 490 g/mol. The van der Waals surface area contributed by atoms with E-state index in [2.05, 4.69) is 4.98 Å². The lowest BCUT2D eigenvalue weighted by molar-refractivity contribution is -0.134. The molecule has 0 atom stereocenters. The van der Waals surface area contributed by atoms with E-state index in [-0.39, 0.29) is 23.4 Å². The molecule has 1 aromatic heterocycles. The van der Waals surface area contributed by atoms with Crippen LogP contribution in [-0.4, -0.2) is 110 Å². The molecule has 0 spiro atoms. The number of rotatable bonds is 5. The highest BCUT2D eigenvalue weighted by atomic mass is 32.2. The molecule has 3 heterocycles. The summed E-state index contributed by atoms with van der Waals surface area (Å²) in [7, 11) is -3.69. The molecule has 2 aliphatic rings. The Morgan fingerprint density at radius 1 is 1.00 bits per heavy atom. The van der Waals surface area contributed by atoms with Gasteiger partial charge in [-0.15, -0.1) is 0 Å². The zero-order valence-corrected chi connectivity index (χ0v) is 20.5. The van der Waals surface area contributed by atoms with Crippen LogP contribution in [0, 0.1) is 6.92 Å². The molecule has 10 nitrogen and oxygen atoms in total. The van der Waals surface area contributed by atoms with Crippen molar-refractivity contribution >= 4 is 32.9 Å². The van der Waals surface area contributed by atoms with Crippen LogP contribution in [0.5, 0.6) is 0 Å². The largest absolute Gasteiger partial charge is 0.450 e. The van der Waals surface area contributed by atoms with Crippen LogP contribution < -0.4 is 0 Å². The van der Waals surface area contributed by atoms with Gasteiger partial charge in [-0.25, -0.2) is 13.2 Å². The molecule has 11 heteroatoms. The predicted octanol–water partition coefficient (Wildman–Crippen LogP) is 1.15. The lowest BCUT2D eigenvalue weighted by Crippen LogP contribution is -2.55. The monoisotopic (exact) mass is 489 g/mol. The molecular formula is C23H31N5O5S. The van der Waals surface area contributed by atoms with Gasteiger partial charge in [0.25, 0.3) is 0 Å². The molecule has 4 rings (SSSR count). The Bertz CT molecular complexity index is 1160. The van der Waals surface area contributed by atoms with Gasteiger partial charge in [-0.1, -0.05) is 12.1 Å². The van der Waals surface area contributed by atoms with Crippen molar-refractivity contribution in [2.24, 2.45) is 0 Å². The normalized spacial score (nSPS) is 18.3. The molecule has 0 saturated carbocycles. The number of hydrogen-bond donors (Lipinski definition) is 0. The Morgan fingerprint density at radius 3 is 2.35 bits per heavy atom. The highest BCUT2D eigenvalue weighted by Crippen LogP contribution is 2.25. The third-order valence-electron chi connectivity index (χ3n) is 6.28. The summed E-state index contributed by atoms with van der Waals surface area (Å²) in [4.78, 5) is 34.5. The van der Waals surface area contributed by atoms with Gasteiger partial charge in [-0.05, 0) is 31.5 Å². The minimum absolute atomic E-state index is 0.00607. The van der Waals surface area contributed by atoms with Crippen LogP contribution in [-0.2, 0) is 19.6 Å². The first kappa shape index (κ1) is 24.4. The van der Waals surface area contributed by atoms with Crippen molar-refractivity contribution in [3.05, 3.63) is 36.0 Å². The van der Waals surface area contributed by atoms with E-state index in [1.165, 1.54) is 4.31 Å². The third-order valence-corrected chi connectivity index (χ3v) is 8.21. The van der Waals surface area contributed by atoms with Crippen molar-refractivity contribution in [3.63, 3.8) is 0 Å². The quantitative estimate of drug-likeness (QED) is 0.621. The molecule has 0 N–H and O–H groups in total. The van der Waals surface area contributed by atoms with Crippen LogP contribution in [0.2, 0.25) is 0 Å². The Labute approximate surface area is 200 Å². The summed E-state index contributed by atoms with van der Waals surface area (Å²) in [6.07, 6.45) is 1.33. The molecule has 2 fully saturated rings. The smallest absolute Gasteiger partial charge is 0.409 e. The molecular weight excluding hydrogens is 458 g/mol. The van der Waals surface area contributed by atoms with E-state index in [1.807, 2.05) is 24.0 Å². The van der Waals surface area contributed by atoms with E-state index in [0.717, 1.165) is 10.9 Å². The first-order chi connectivity index (χ1) is 16.3. The van der Waals surface area contributed by atoms with Crippen molar-refractivity contribution in [2.75, 3.05) is 65.5 Å². The van der Waals surface area contributed by atoms with Crippen molar-refractivity contribution in [1.29, 1.82) is 0 Å². The molecule has 2 aromatic rings. The highest BCUT2D eigenvalue weighted by Gasteiger charge is 2.32. The number of ether oxygens (including phenoxy) is 1. The Kier molecular flexibility index (Phi) is 7.34. The molecule has 1 aromatic carbocycles. The molecule has 0 unspecified atom stereocenters. The first-order valence-corrected chi connectivity index (χ1v) is 13.0. The SMILES string of the molecule is CCOC(=O)N1CCN(C(=O)CN2CCN(S(=O)(=O)c3cccc4cc(C)cnc34)CC2)CC1. The Balaban J connectivity index is 1.32. The topological polar surface area (TPSA) is 103 Å². The van der Waals surface area contributed by atoms with E-state index >= 15 is 0 Å². The minimum atomic E-state index is -3.69. The van der Waals surface area contributed by atoms with E-state index in [4.69, 9.17) is 4.74 Å². The molecule has 0 aliphatic carbocycles. The lowest BCUT2D eigenvalue weighted by Gasteiger charge is -2.37. The van der Waals surface area contributed by atoms with Gasteiger partial charge in [0.1, 0.15) is 4.90 Å². The maximum Gasteiger partial charge on any atom is 0.409 e. The number of carbonyl (C=O) groups is 2. The standard InChI is InChI=1S/C23H31N5O5S/c1-3-33-23(30)27-11-9-26(10-12-27)21(29)17-25-7-13-28(14-8-25)34(31,32)20-6-4-5-19-15-18(2)16-24-22(19)20/h4-6,15-16H,3,7-14,17H2,1-2H3. The highest BCUT2D eigenvalue weighted by molar-refractivity contribution is 7.89. The van der Waals surface area contributed by atoms with Crippen LogP contribution in [0.3, 0.4) is 0 Å². The molecule has 184 valence electrons. The van der Waals surface area contributed by atoms with Gasteiger partial charge >= 0.3 is 6.09 Å². The lowest BCUT2D eigenvalue weighted by atomic mass is 10.2. The summed E-state index contributed by atoms with van der Waals surface area (Å²) in [5.41, 5.74) is 1.45. The molecule has 2 amide bonds. The fraction of sp³-hybridized carbons (Fsp3) is 0.522. The fourth-order valence-corrected chi connectivity index (χ4v) is 5.95. The van der Waals surface area contributed by atoms with E-state index in [9.17, 15) is 18.0 Å². The van der Waals surface area contributed by atoms with Crippen molar-refractivity contribution < 1.29 is 22.7 Å². The second kappa shape index (κ2) is 10.2. The zero-order valence-electron chi connectivity index (χ0n) is 19.6. The van der Waals surface area contributed by atoms with Crippen LogP contribution in [0.4, 0.5) is 4.79 Å². The number of hydrogen-bond acceptors (Lipinski definition) is 7. The van der Waals surface area contributed by atoms with Gasteiger partial charge in [0.2, 0.25) is 15.9 Å². The summed E-state index contributed by atoms with van der Waals surface area (Å²) in [6.45, 7) is 7.69. The number of aryl methyl sites for hydroxylation is 1. The van der Waals surface area contributed by atoms with Gasteiger partial charge in [0.15, 0.2) is 0 Å². The predicted molar refractivity (Wildman–Crippen MR) is 127 cm³/mol. The van der Waals surface area contributed by atoms with Crippen LogP contribution in [0.1, 0.15) is 12.5 Å². The van der Waals surface area contributed by atoms with Crippen LogP contribution in [0.15, 0.2) is 35.4 Å². The number of aromatic nitrogens is 1. The first-order valence-electron chi connectivity index (χ1n) is 11.6. The fourth-order valence-electron chi connectivity index (χ4n) is 4.36. The van der Waals surface area contributed by atoms with Gasteiger partial charge in [-0.3, -0.25) is 14.7 Å². The number of piperazine rings is 2. The van der Waals surface area contributed by atoms with Gasteiger partial charge < -0.3 is 14.5 Å². The number of sulfonamides is 1. The second-order valence-corrected chi connectivity index (χ2v) is 10.5. The van der Waals surface area contributed by atoms with Crippen molar-refractivity contribution in [3.8, 4) is 0 Å². The van der Waals surface area contributed by atoms with Gasteiger partial charge in [-0.2, -0.15) is 4.31 Å².